The van der Waals surface area contributed by atoms with E-state index in [0.29, 0.717) is 15.3 Å². The van der Waals surface area contributed by atoms with Crippen molar-refractivity contribution < 1.29 is 9.53 Å². The summed E-state index contributed by atoms with van der Waals surface area (Å²) >= 11 is 0. The Hall–Kier alpha value is -0.140. The lowest BCUT2D eigenvalue weighted by molar-refractivity contribution is -0.145. The molecule has 10 heavy (non-hydrogen) atoms. The summed E-state index contributed by atoms with van der Waals surface area (Å²) in [5.41, 5.74) is 0. The van der Waals surface area contributed by atoms with Crippen molar-refractivity contribution in [2.24, 2.45) is 0 Å². The van der Waals surface area contributed by atoms with Crippen LogP contribution in [0.5, 0.6) is 0 Å². The highest BCUT2D eigenvalue weighted by Crippen LogP contribution is 1.93. The fourth-order valence-electron chi connectivity index (χ4n) is 0.465. The van der Waals surface area contributed by atoms with Gasteiger partial charge in [-0.2, -0.15) is 0 Å². The molecule has 0 aromatic rings. The summed E-state index contributed by atoms with van der Waals surface area (Å²) in [6, 6.07) is 0. The molecule has 0 heterocycles. The fraction of sp³-hybridized carbons (Fsp3) is 0.833. The highest BCUT2D eigenvalue weighted by atomic mass is 31.1. The van der Waals surface area contributed by atoms with Crippen LogP contribution in [0.2, 0.25) is 0 Å². The number of esters is 1. The third-order valence-corrected chi connectivity index (χ3v) is 1.31. The predicted octanol–water partition coefficient (Wildman–Crippen LogP) is 0.751. The van der Waals surface area contributed by atoms with Crippen molar-refractivity contribution >= 4 is 14.7 Å². The van der Waals surface area contributed by atoms with Crippen LogP contribution in [0.15, 0.2) is 0 Å². The Kier molecular flexibility index (Phi) is 5.55. The van der Waals surface area contributed by atoms with Gasteiger partial charge in [-0.15, -0.1) is 0 Å². The van der Waals surface area contributed by atoms with Crippen molar-refractivity contribution in [2.75, 3.05) is 13.2 Å². The second-order valence-corrected chi connectivity index (χ2v) is 3.00. The first kappa shape index (κ1) is 9.86. The number of ether oxygens (including phenoxy) is 1. The van der Waals surface area contributed by atoms with Gasteiger partial charge in [-0.25, -0.2) is 0 Å². The van der Waals surface area contributed by atoms with Gasteiger partial charge in [0, 0.05) is 0 Å². The van der Waals surface area contributed by atoms with Gasteiger partial charge in [0.15, 0.2) is 0 Å². The third kappa shape index (κ3) is 5.99. The monoisotopic (exact) mass is 163 g/mol. The molecule has 1 N–H and O–H groups in total. The third-order valence-electron chi connectivity index (χ3n) is 0.777. The van der Waals surface area contributed by atoms with Crippen LogP contribution in [0, 0.1) is 0 Å². The maximum atomic E-state index is 10.7. The van der Waals surface area contributed by atoms with Gasteiger partial charge in [-0.3, -0.25) is 9.88 Å². The molecule has 1 unspecified atom stereocenters. The number of hydrogen-bond acceptors (Lipinski definition) is 3. The molecule has 1 atom stereocenters. The molecule has 0 aromatic heterocycles. The molecular formula is C6H14NO2P. The van der Waals surface area contributed by atoms with Crippen molar-refractivity contribution in [2.45, 2.75) is 20.0 Å². The van der Waals surface area contributed by atoms with E-state index < -0.39 is 0 Å². The van der Waals surface area contributed by atoms with E-state index in [1.54, 1.807) is 0 Å². The van der Waals surface area contributed by atoms with E-state index in [9.17, 15) is 4.79 Å². The quantitative estimate of drug-likeness (QED) is 0.491. The van der Waals surface area contributed by atoms with Gasteiger partial charge in [-0.1, -0.05) is 8.73 Å². The molecule has 0 radical (unpaired) electrons. The molecule has 0 aromatic carbocycles. The molecule has 0 aliphatic carbocycles. The molecule has 60 valence electrons. The molecule has 0 fully saturated rings. The van der Waals surface area contributed by atoms with Crippen molar-refractivity contribution in [3.8, 4) is 0 Å². The Morgan fingerprint density at radius 2 is 2.30 bits per heavy atom. The smallest absolute Gasteiger partial charge is 0.320 e. The zero-order valence-corrected chi connectivity index (χ0v) is 7.60. The zero-order valence-electron chi connectivity index (χ0n) is 6.60. The maximum Gasteiger partial charge on any atom is 0.320 e. The van der Waals surface area contributed by atoms with Crippen molar-refractivity contribution in [1.82, 2.24) is 5.09 Å². The molecule has 3 nitrogen and oxygen atoms in total. The van der Waals surface area contributed by atoms with Gasteiger partial charge in [0.25, 0.3) is 0 Å². The lowest BCUT2D eigenvalue weighted by Crippen LogP contribution is -2.21. The highest BCUT2D eigenvalue weighted by Gasteiger charge is 2.02. The highest BCUT2D eigenvalue weighted by molar-refractivity contribution is 7.34. The average molecular weight is 163 g/mol. The van der Waals surface area contributed by atoms with E-state index in [2.05, 4.69) is 5.09 Å². The Morgan fingerprint density at radius 1 is 1.70 bits per heavy atom. The average Bonchev–Trinajstić information content (AvgIpc) is 1.82. The molecular weight excluding hydrogens is 149 g/mol. The Bertz CT molecular complexity index is 106. The first-order chi connectivity index (χ1) is 4.66. The van der Waals surface area contributed by atoms with Crippen LogP contribution in [0.3, 0.4) is 0 Å². The van der Waals surface area contributed by atoms with Crippen LogP contribution >= 0.6 is 8.73 Å². The number of carbonyl (C=O) groups excluding carboxylic acids is 1. The topological polar surface area (TPSA) is 38.3 Å². The molecule has 0 saturated carbocycles. The van der Waals surface area contributed by atoms with Crippen LogP contribution in [0.25, 0.3) is 0 Å². The second kappa shape index (κ2) is 5.63. The van der Waals surface area contributed by atoms with Crippen LogP contribution < -0.4 is 5.09 Å². The largest absolute Gasteiger partial charge is 0.462 e. The lowest BCUT2D eigenvalue weighted by Gasteiger charge is -2.06. The van der Waals surface area contributed by atoms with Gasteiger partial charge < -0.3 is 4.74 Å². The summed E-state index contributed by atoms with van der Waals surface area (Å²) in [5, 5.41) is 2.91. The van der Waals surface area contributed by atoms with E-state index in [1.807, 2.05) is 20.5 Å². The van der Waals surface area contributed by atoms with E-state index in [4.69, 9.17) is 4.74 Å². The Balaban J connectivity index is 3.26. The molecule has 0 bridgehead atoms. The number of nitrogens with one attached hydrogen (secondary N) is 1. The minimum atomic E-state index is -0.177. The molecule has 0 amide bonds. The van der Waals surface area contributed by atoms with Gasteiger partial charge >= 0.3 is 5.97 Å². The standard InChI is InChI=1S/C6H14NO2P/c1-5(2)9-6(8)4-7-10-3/h5,7,10H,4H2,1-3H3. The summed E-state index contributed by atoms with van der Waals surface area (Å²) in [4.78, 5) is 10.7. The number of carbonyl (C=O) groups is 1. The Morgan fingerprint density at radius 3 is 2.70 bits per heavy atom. The van der Waals surface area contributed by atoms with Gasteiger partial charge in [-0.05, 0) is 20.5 Å². The van der Waals surface area contributed by atoms with Gasteiger partial charge in [0.1, 0.15) is 0 Å². The van der Waals surface area contributed by atoms with Crippen LogP contribution in [0.1, 0.15) is 13.8 Å². The fourth-order valence-corrected chi connectivity index (χ4v) is 0.786. The molecule has 0 aliphatic rings. The maximum absolute atomic E-state index is 10.7. The number of hydrogen-bond donors (Lipinski definition) is 1. The van der Waals surface area contributed by atoms with E-state index >= 15 is 0 Å². The minimum absolute atomic E-state index is 0.00510. The zero-order chi connectivity index (χ0) is 7.98. The van der Waals surface area contributed by atoms with Crippen molar-refractivity contribution in [3.63, 3.8) is 0 Å². The first-order valence-corrected chi connectivity index (χ1v) is 4.76. The summed E-state index contributed by atoms with van der Waals surface area (Å²) in [6.45, 7) is 5.98. The Labute approximate surface area is 63.4 Å². The molecule has 0 spiro atoms. The van der Waals surface area contributed by atoms with Crippen LogP contribution in [-0.4, -0.2) is 25.3 Å². The van der Waals surface area contributed by atoms with E-state index in [1.165, 1.54) is 0 Å². The van der Waals surface area contributed by atoms with Crippen molar-refractivity contribution in [1.29, 1.82) is 0 Å². The summed E-state index contributed by atoms with van der Waals surface area (Å²) in [5.74, 6) is -0.177. The lowest BCUT2D eigenvalue weighted by atomic mass is 10.5. The van der Waals surface area contributed by atoms with Gasteiger partial charge in [0.05, 0.1) is 12.6 Å². The van der Waals surface area contributed by atoms with Gasteiger partial charge in [0.2, 0.25) is 0 Å². The molecule has 0 aliphatic heterocycles. The molecule has 0 rings (SSSR count). The summed E-state index contributed by atoms with van der Waals surface area (Å²) < 4.78 is 4.86. The SMILES string of the molecule is CPNCC(=O)OC(C)C. The van der Waals surface area contributed by atoms with Crippen molar-refractivity contribution in [3.05, 3.63) is 0 Å². The second-order valence-electron chi connectivity index (χ2n) is 2.14. The predicted molar refractivity (Wildman–Crippen MR) is 43.5 cm³/mol. The molecule has 0 saturated heterocycles. The normalized spacial score (nSPS) is 11.2. The van der Waals surface area contributed by atoms with Crippen LogP contribution in [0.4, 0.5) is 0 Å². The van der Waals surface area contributed by atoms with E-state index in [-0.39, 0.29) is 12.1 Å². The minimum Gasteiger partial charge on any atom is -0.462 e. The van der Waals surface area contributed by atoms with Crippen LogP contribution in [-0.2, 0) is 9.53 Å². The summed E-state index contributed by atoms with van der Waals surface area (Å²) in [7, 11) is 0.596. The molecule has 4 heteroatoms. The first-order valence-electron chi connectivity index (χ1n) is 3.26. The number of rotatable bonds is 4. The van der Waals surface area contributed by atoms with E-state index in [0.717, 1.165) is 0 Å². The summed E-state index contributed by atoms with van der Waals surface area (Å²) in [6.07, 6.45) is -0.00510.